The average molecular weight is 321 g/mol. The minimum absolute atomic E-state index is 0.320. The smallest absolute Gasteiger partial charge is 0.331 e. The maximum absolute atomic E-state index is 11.2. The van der Waals surface area contributed by atoms with Crippen LogP contribution in [0.25, 0.3) is 0 Å². The average Bonchev–Trinajstić information content (AvgIpc) is 2.29. The summed E-state index contributed by atoms with van der Waals surface area (Å²) in [5.74, 6) is -1.08. The van der Waals surface area contributed by atoms with Gasteiger partial charge in [0.1, 0.15) is 0 Å². The number of hydrogen-bond acceptors (Lipinski definition) is 2. The van der Waals surface area contributed by atoms with E-state index in [0.29, 0.717) is 28.0 Å². The summed E-state index contributed by atoms with van der Waals surface area (Å²) in [7, 11) is 0. The number of hydrogen-bond donors (Lipinski definition) is 1. The Morgan fingerprint density at radius 2 is 2.29 bits per heavy atom. The number of carbonyl (C=O) groups excluding carboxylic acids is 1. The summed E-state index contributed by atoms with van der Waals surface area (Å²) in [5.41, 5.74) is 0.503. The van der Waals surface area contributed by atoms with Gasteiger partial charge in [-0.2, -0.15) is 0 Å². The lowest BCUT2D eigenvalue weighted by Crippen LogP contribution is -2.32. The van der Waals surface area contributed by atoms with E-state index >= 15 is 0 Å². The zero-order valence-electron chi connectivity index (χ0n) is 9.06. The summed E-state index contributed by atoms with van der Waals surface area (Å²) in [6.45, 7) is 2.04. The first-order valence-electron chi connectivity index (χ1n) is 4.90. The van der Waals surface area contributed by atoms with Crippen molar-refractivity contribution in [1.82, 2.24) is 4.90 Å². The second kappa shape index (κ2) is 6.02. The van der Waals surface area contributed by atoms with Gasteiger partial charge in [0.2, 0.25) is 6.41 Å². The van der Waals surface area contributed by atoms with Crippen LogP contribution in [-0.2, 0) is 9.59 Å². The van der Waals surface area contributed by atoms with Gasteiger partial charge in [0, 0.05) is 11.0 Å². The molecule has 0 saturated heterocycles. The molecule has 0 radical (unpaired) electrons. The molecular formula is C11H11BrClNO3. The molecule has 17 heavy (non-hydrogen) atoms. The van der Waals surface area contributed by atoms with E-state index in [-0.39, 0.29) is 0 Å². The molecule has 0 bridgehead atoms. The normalized spacial score (nSPS) is 11.9. The third-order valence-electron chi connectivity index (χ3n) is 2.33. The van der Waals surface area contributed by atoms with Crippen LogP contribution in [0, 0.1) is 0 Å². The van der Waals surface area contributed by atoms with Crippen molar-refractivity contribution in [3.05, 3.63) is 33.3 Å². The first-order chi connectivity index (χ1) is 8.01. The Kier molecular flexibility index (Phi) is 4.96. The van der Waals surface area contributed by atoms with E-state index in [4.69, 9.17) is 11.6 Å². The second-order valence-electron chi connectivity index (χ2n) is 3.35. The molecule has 92 valence electrons. The largest absolute Gasteiger partial charge is 0.479 e. The summed E-state index contributed by atoms with van der Waals surface area (Å²) in [6.07, 6.45) is 0.529. The van der Waals surface area contributed by atoms with Gasteiger partial charge in [0.25, 0.3) is 0 Å². The predicted octanol–water partition coefficient (Wildman–Crippen LogP) is 2.71. The van der Waals surface area contributed by atoms with Gasteiger partial charge in [-0.3, -0.25) is 4.79 Å². The number of nitrogens with zero attached hydrogens (tertiary/aromatic N) is 1. The van der Waals surface area contributed by atoms with Gasteiger partial charge < -0.3 is 10.0 Å². The lowest BCUT2D eigenvalue weighted by atomic mass is 10.1. The van der Waals surface area contributed by atoms with E-state index < -0.39 is 12.0 Å². The molecule has 0 saturated carbocycles. The molecule has 1 amide bonds. The molecule has 4 nitrogen and oxygen atoms in total. The fourth-order valence-electron chi connectivity index (χ4n) is 1.48. The Hall–Kier alpha value is -1.07. The summed E-state index contributed by atoms with van der Waals surface area (Å²) in [6, 6.07) is 3.80. The third-order valence-corrected chi connectivity index (χ3v) is 3.54. The van der Waals surface area contributed by atoms with E-state index in [2.05, 4.69) is 15.9 Å². The first kappa shape index (κ1) is 14.0. The van der Waals surface area contributed by atoms with Crippen LogP contribution in [-0.4, -0.2) is 28.9 Å². The van der Waals surface area contributed by atoms with E-state index in [9.17, 15) is 14.7 Å². The molecule has 0 fully saturated rings. The molecule has 0 aliphatic heterocycles. The highest BCUT2D eigenvalue weighted by Gasteiger charge is 2.25. The Balaban J connectivity index is 3.18. The van der Waals surface area contributed by atoms with Gasteiger partial charge in [0.05, 0.1) is 5.02 Å². The van der Waals surface area contributed by atoms with Gasteiger partial charge >= 0.3 is 5.97 Å². The van der Waals surface area contributed by atoms with Crippen LogP contribution in [0.4, 0.5) is 0 Å². The number of benzene rings is 1. The fourth-order valence-corrected chi connectivity index (χ4v) is 1.99. The van der Waals surface area contributed by atoms with Crippen LogP contribution in [0.2, 0.25) is 5.02 Å². The second-order valence-corrected chi connectivity index (χ2v) is 4.61. The Bertz CT molecular complexity index is 439. The number of rotatable bonds is 5. The molecule has 1 N–H and O–H groups in total. The van der Waals surface area contributed by atoms with E-state index in [1.54, 1.807) is 25.1 Å². The predicted molar refractivity (Wildman–Crippen MR) is 68.0 cm³/mol. The number of carboxylic acids is 1. The van der Waals surface area contributed by atoms with Crippen LogP contribution in [0.15, 0.2) is 22.7 Å². The minimum Gasteiger partial charge on any atom is -0.479 e. The van der Waals surface area contributed by atoms with E-state index in [1.807, 2.05) is 0 Å². The number of aliphatic carboxylic acids is 1. The Morgan fingerprint density at radius 1 is 1.65 bits per heavy atom. The zero-order valence-corrected chi connectivity index (χ0v) is 11.4. The van der Waals surface area contributed by atoms with Crippen LogP contribution >= 0.6 is 27.5 Å². The molecule has 1 rings (SSSR count). The van der Waals surface area contributed by atoms with E-state index in [1.165, 1.54) is 4.90 Å². The first-order valence-corrected chi connectivity index (χ1v) is 6.07. The zero-order chi connectivity index (χ0) is 13.0. The van der Waals surface area contributed by atoms with Crippen molar-refractivity contribution in [2.24, 2.45) is 0 Å². The van der Waals surface area contributed by atoms with Gasteiger partial charge in [-0.15, -0.1) is 0 Å². The highest BCUT2D eigenvalue weighted by molar-refractivity contribution is 9.10. The van der Waals surface area contributed by atoms with Crippen molar-refractivity contribution in [2.75, 3.05) is 6.54 Å². The Labute approximate surface area is 112 Å². The van der Waals surface area contributed by atoms with Crippen molar-refractivity contribution in [3.8, 4) is 0 Å². The molecule has 1 unspecified atom stereocenters. The van der Waals surface area contributed by atoms with Crippen LogP contribution in [0.1, 0.15) is 18.5 Å². The minimum atomic E-state index is -1.08. The van der Waals surface area contributed by atoms with Crippen LogP contribution < -0.4 is 0 Å². The summed E-state index contributed by atoms with van der Waals surface area (Å²) in [5, 5.41) is 9.66. The maximum Gasteiger partial charge on any atom is 0.331 e. The molecule has 1 atom stereocenters. The van der Waals surface area contributed by atoms with Crippen LogP contribution in [0.5, 0.6) is 0 Å². The van der Waals surface area contributed by atoms with Crippen molar-refractivity contribution in [3.63, 3.8) is 0 Å². The molecule has 0 aliphatic rings. The SMILES string of the molecule is CCN(C=O)C(C(=O)O)c1ccc(Cl)c(Br)c1. The standard InChI is InChI=1S/C11H11BrClNO3/c1-2-14(6-15)10(11(16)17)7-3-4-9(13)8(12)5-7/h3-6,10H,2H2,1H3,(H,16,17). The monoisotopic (exact) mass is 319 g/mol. The van der Waals surface area contributed by atoms with Crippen molar-refractivity contribution < 1.29 is 14.7 Å². The Morgan fingerprint density at radius 3 is 2.71 bits per heavy atom. The lowest BCUT2D eigenvalue weighted by Gasteiger charge is -2.24. The highest BCUT2D eigenvalue weighted by Crippen LogP contribution is 2.28. The molecule has 1 aromatic carbocycles. The number of likely N-dealkylation sites (N-methyl/N-ethyl adjacent to an activating group) is 1. The highest BCUT2D eigenvalue weighted by atomic mass is 79.9. The number of halogens is 2. The molecular weight excluding hydrogens is 309 g/mol. The van der Waals surface area contributed by atoms with Gasteiger partial charge in [-0.05, 0) is 40.5 Å². The van der Waals surface area contributed by atoms with Gasteiger partial charge in [-0.25, -0.2) is 4.79 Å². The summed E-state index contributed by atoms with van der Waals surface area (Å²) in [4.78, 5) is 23.2. The van der Waals surface area contributed by atoms with Crippen molar-refractivity contribution >= 4 is 39.9 Å². The molecule has 0 aromatic heterocycles. The van der Waals surface area contributed by atoms with E-state index in [0.717, 1.165) is 0 Å². The van der Waals surface area contributed by atoms with Crippen LogP contribution in [0.3, 0.4) is 0 Å². The number of carboxylic acid groups (broad SMARTS) is 1. The van der Waals surface area contributed by atoms with Crippen molar-refractivity contribution in [1.29, 1.82) is 0 Å². The summed E-state index contributed by atoms with van der Waals surface area (Å²) >= 11 is 9.06. The third kappa shape index (κ3) is 3.20. The van der Waals surface area contributed by atoms with Gasteiger partial charge in [0.15, 0.2) is 6.04 Å². The molecule has 6 heteroatoms. The fraction of sp³-hybridized carbons (Fsp3) is 0.273. The maximum atomic E-state index is 11.2. The number of carbonyl (C=O) groups is 2. The molecule has 0 heterocycles. The molecule has 1 aromatic rings. The molecule has 0 spiro atoms. The topological polar surface area (TPSA) is 57.6 Å². The number of amides is 1. The summed E-state index contributed by atoms with van der Waals surface area (Å²) < 4.78 is 0.602. The molecule has 0 aliphatic carbocycles. The quantitative estimate of drug-likeness (QED) is 0.849. The van der Waals surface area contributed by atoms with Crippen molar-refractivity contribution in [2.45, 2.75) is 13.0 Å². The lowest BCUT2D eigenvalue weighted by molar-refractivity contribution is -0.146. The van der Waals surface area contributed by atoms with Gasteiger partial charge in [-0.1, -0.05) is 17.7 Å².